The molecule has 2 rings (SSSR count). The van der Waals surface area contributed by atoms with Crippen molar-refractivity contribution in [2.45, 2.75) is 19.9 Å². The van der Waals surface area contributed by atoms with Crippen LogP contribution in [0.5, 0.6) is 0 Å². The summed E-state index contributed by atoms with van der Waals surface area (Å²) < 4.78 is 1.80. The Morgan fingerprint density at radius 2 is 2.06 bits per heavy atom. The van der Waals surface area contributed by atoms with E-state index in [1.165, 1.54) is 0 Å². The molecule has 1 aromatic carbocycles. The van der Waals surface area contributed by atoms with Crippen LogP contribution in [0.1, 0.15) is 19.9 Å². The molecule has 0 aliphatic rings. The predicted octanol–water partition coefficient (Wildman–Crippen LogP) is 1.37. The van der Waals surface area contributed by atoms with Gasteiger partial charge < -0.3 is 5.32 Å². The van der Waals surface area contributed by atoms with Crippen molar-refractivity contribution in [2.24, 2.45) is 5.92 Å². The standard InChI is InChI=1S/C12H16N4O/c1-8(12(17)13-3)9(2)16-11-7-5-4-6-10(11)14-15-16/h4-9H,1-3H3,(H,13,17). The van der Waals surface area contributed by atoms with E-state index in [4.69, 9.17) is 0 Å². The Morgan fingerprint density at radius 1 is 1.35 bits per heavy atom. The predicted molar refractivity (Wildman–Crippen MR) is 65.5 cm³/mol. The molecule has 0 aliphatic heterocycles. The fourth-order valence-corrected chi connectivity index (χ4v) is 1.85. The van der Waals surface area contributed by atoms with Gasteiger partial charge in [-0.15, -0.1) is 5.10 Å². The number of nitrogens with one attached hydrogen (secondary N) is 1. The molecule has 0 spiro atoms. The molecule has 0 fully saturated rings. The van der Waals surface area contributed by atoms with Gasteiger partial charge in [0, 0.05) is 7.05 Å². The van der Waals surface area contributed by atoms with Gasteiger partial charge in [0.25, 0.3) is 0 Å². The Hall–Kier alpha value is -1.91. The summed E-state index contributed by atoms with van der Waals surface area (Å²) in [5, 5.41) is 10.9. The molecule has 2 aromatic rings. The number of amides is 1. The van der Waals surface area contributed by atoms with E-state index in [1.807, 2.05) is 38.1 Å². The third-order valence-electron chi connectivity index (χ3n) is 3.15. The maximum absolute atomic E-state index is 11.6. The van der Waals surface area contributed by atoms with E-state index in [9.17, 15) is 4.79 Å². The average molecular weight is 232 g/mol. The molecule has 90 valence electrons. The van der Waals surface area contributed by atoms with Crippen molar-refractivity contribution in [3.8, 4) is 0 Å². The molecule has 0 radical (unpaired) electrons. The van der Waals surface area contributed by atoms with Crippen LogP contribution in [0.15, 0.2) is 24.3 Å². The summed E-state index contributed by atoms with van der Waals surface area (Å²) in [6.45, 7) is 3.86. The van der Waals surface area contributed by atoms with Crippen LogP contribution >= 0.6 is 0 Å². The van der Waals surface area contributed by atoms with Gasteiger partial charge in [0.1, 0.15) is 5.52 Å². The first-order valence-corrected chi connectivity index (χ1v) is 5.66. The second kappa shape index (κ2) is 4.53. The zero-order chi connectivity index (χ0) is 12.4. The van der Waals surface area contributed by atoms with Crippen molar-refractivity contribution in [1.29, 1.82) is 0 Å². The number of carbonyl (C=O) groups excluding carboxylic acids is 1. The largest absolute Gasteiger partial charge is 0.359 e. The number of para-hydroxylation sites is 1. The fraction of sp³-hybridized carbons (Fsp3) is 0.417. The number of nitrogens with zero attached hydrogens (tertiary/aromatic N) is 3. The van der Waals surface area contributed by atoms with Gasteiger partial charge in [0.15, 0.2) is 0 Å². The highest BCUT2D eigenvalue weighted by molar-refractivity contribution is 5.79. The van der Waals surface area contributed by atoms with Crippen LogP contribution in [0.25, 0.3) is 11.0 Å². The van der Waals surface area contributed by atoms with Crippen LogP contribution in [-0.2, 0) is 4.79 Å². The molecule has 1 aromatic heterocycles. The van der Waals surface area contributed by atoms with E-state index >= 15 is 0 Å². The van der Waals surface area contributed by atoms with Crippen LogP contribution in [0.3, 0.4) is 0 Å². The van der Waals surface area contributed by atoms with Gasteiger partial charge in [-0.3, -0.25) is 4.79 Å². The lowest BCUT2D eigenvalue weighted by atomic mass is 10.0. The van der Waals surface area contributed by atoms with Gasteiger partial charge in [0.2, 0.25) is 5.91 Å². The first-order valence-electron chi connectivity index (χ1n) is 5.66. The molecule has 5 heteroatoms. The number of hydrogen-bond acceptors (Lipinski definition) is 3. The molecule has 0 bridgehead atoms. The van der Waals surface area contributed by atoms with Crippen molar-refractivity contribution in [2.75, 3.05) is 7.05 Å². The van der Waals surface area contributed by atoms with Gasteiger partial charge in [-0.2, -0.15) is 0 Å². The van der Waals surface area contributed by atoms with E-state index < -0.39 is 0 Å². The Morgan fingerprint density at radius 3 is 2.76 bits per heavy atom. The van der Waals surface area contributed by atoms with E-state index in [-0.39, 0.29) is 17.9 Å². The Kier molecular flexibility index (Phi) is 3.08. The number of carbonyl (C=O) groups is 1. The van der Waals surface area contributed by atoms with E-state index in [1.54, 1.807) is 11.7 Å². The number of rotatable bonds is 3. The van der Waals surface area contributed by atoms with E-state index in [2.05, 4.69) is 15.6 Å². The Labute approximate surface area is 99.8 Å². The topological polar surface area (TPSA) is 59.8 Å². The molecule has 2 unspecified atom stereocenters. The monoisotopic (exact) mass is 232 g/mol. The molecule has 0 saturated heterocycles. The summed E-state index contributed by atoms with van der Waals surface area (Å²) in [4.78, 5) is 11.6. The van der Waals surface area contributed by atoms with Crippen molar-refractivity contribution in [3.63, 3.8) is 0 Å². The highest BCUT2D eigenvalue weighted by Crippen LogP contribution is 2.21. The molecule has 1 heterocycles. The minimum atomic E-state index is -0.148. The van der Waals surface area contributed by atoms with E-state index in [0.29, 0.717) is 0 Å². The number of hydrogen-bond donors (Lipinski definition) is 1. The molecular formula is C12H16N4O. The lowest BCUT2D eigenvalue weighted by molar-refractivity contribution is -0.125. The third-order valence-corrected chi connectivity index (χ3v) is 3.15. The maximum atomic E-state index is 11.6. The minimum Gasteiger partial charge on any atom is -0.359 e. The van der Waals surface area contributed by atoms with Crippen molar-refractivity contribution in [3.05, 3.63) is 24.3 Å². The van der Waals surface area contributed by atoms with Crippen LogP contribution < -0.4 is 5.32 Å². The first kappa shape index (κ1) is 11.6. The molecule has 1 N–H and O–H groups in total. The summed E-state index contributed by atoms with van der Waals surface area (Å²) in [7, 11) is 1.64. The summed E-state index contributed by atoms with van der Waals surface area (Å²) >= 11 is 0. The number of benzene rings is 1. The molecular weight excluding hydrogens is 216 g/mol. The SMILES string of the molecule is CNC(=O)C(C)C(C)n1nnc2ccccc21. The molecule has 0 aliphatic carbocycles. The summed E-state index contributed by atoms with van der Waals surface area (Å²) in [6, 6.07) is 7.72. The summed E-state index contributed by atoms with van der Waals surface area (Å²) in [6.07, 6.45) is 0. The number of fused-ring (bicyclic) bond motifs is 1. The third kappa shape index (κ3) is 2.00. The molecule has 2 atom stereocenters. The lowest BCUT2D eigenvalue weighted by Gasteiger charge is -2.18. The van der Waals surface area contributed by atoms with Crippen LogP contribution in [0, 0.1) is 5.92 Å². The smallest absolute Gasteiger partial charge is 0.224 e. The second-order valence-electron chi connectivity index (χ2n) is 4.17. The molecule has 0 saturated carbocycles. The van der Waals surface area contributed by atoms with Crippen LogP contribution in [0.2, 0.25) is 0 Å². The highest BCUT2D eigenvalue weighted by atomic mass is 16.1. The zero-order valence-corrected chi connectivity index (χ0v) is 10.2. The average Bonchev–Trinajstić information content (AvgIpc) is 2.79. The minimum absolute atomic E-state index is 0.0112. The van der Waals surface area contributed by atoms with E-state index in [0.717, 1.165) is 11.0 Å². The Balaban J connectivity index is 2.36. The normalized spacial score (nSPS) is 14.5. The van der Waals surface area contributed by atoms with Crippen molar-refractivity contribution in [1.82, 2.24) is 20.3 Å². The van der Waals surface area contributed by atoms with Gasteiger partial charge in [0.05, 0.1) is 17.5 Å². The quantitative estimate of drug-likeness (QED) is 0.869. The lowest BCUT2D eigenvalue weighted by Crippen LogP contribution is -2.31. The van der Waals surface area contributed by atoms with Crippen LogP contribution in [0.4, 0.5) is 0 Å². The fourth-order valence-electron chi connectivity index (χ4n) is 1.85. The molecule has 17 heavy (non-hydrogen) atoms. The number of aromatic nitrogens is 3. The molecule has 5 nitrogen and oxygen atoms in total. The van der Waals surface area contributed by atoms with Gasteiger partial charge in [-0.25, -0.2) is 4.68 Å². The summed E-state index contributed by atoms with van der Waals surface area (Å²) in [5.41, 5.74) is 1.80. The highest BCUT2D eigenvalue weighted by Gasteiger charge is 2.22. The second-order valence-corrected chi connectivity index (χ2v) is 4.17. The van der Waals surface area contributed by atoms with Gasteiger partial charge >= 0.3 is 0 Å². The van der Waals surface area contributed by atoms with Crippen LogP contribution in [-0.4, -0.2) is 27.9 Å². The van der Waals surface area contributed by atoms with Crippen molar-refractivity contribution < 1.29 is 4.79 Å². The molecule has 1 amide bonds. The van der Waals surface area contributed by atoms with Gasteiger partial charge in [-0.05, 0) is 19.1 Å². The van der Waals surface area contributed by atoms with Crippen molar-refractivity contribution >= 4 is 16.9 Å². The van der Waals surface area contributed by atoms with Gasteiger partial charge in [-0.1, -0.05) is 24.3 Å². The zero-order valence-electron chi connectivity index (χ0n) is 10.2. The first-order chi connectivity index (χ1) is 8.15. The summed E-state index contributed by atoms with van der Waals surface area (Å²) in [5.74, 6) is -0.137. The Bertz CT molecular complexity index is 534. The maximum Gasteiger partial charge on any atom is 0.224 e.